The minimum atomic E-state index is -0.198. The van der Waals surface area contributed by atoms with Crippen LogP contribution in [0.5, 0.6) is 0 Å². The number of carbonyl (C=O) groups excluding carboxylic acids is 1. The Bertz CT molecular complexity index is 802. The molecular formula is C15H10Cl2N2O2S. The van der Waals surface area contributed by atoms with Crippen LogP contribution in [0.2, 0.25) is 10.0 Å². The molecule has 0 unspecified atom stereocenters. The molecule has 0 radical (unpaired) electrons. The average molecular weight is 353 g/mol. The van der Waals surface area contributed by atoms with Crippen molar-refractivity contribution >= 4 is 57.7 Å². The van der Waals surface area contributed by atoms with Crippen molar-refractivity contribution in [2.45, 2.75) is 5.22 Å². The number of thioether (sulfide) groups is 1. The first-order valence-corrected chi connectivity index (χ1v) is 8.09. The number of benzene rings is 2. The van der Waals surface area contributed by atoms with Crippen LogP contribution in [0.25, 0.3) is 11.1 Å². The zero-order valence-corrected chi connectivity index (χ0v) is 13.5. The van der Waals surface area contributed by atoms with Crippen molar-refractivity contribution in [1.82, 2.24) is 4.98 Å². The Balaban J connectivity index is 1.62. The van der Waals surface area contributed by atoms with E-state index >= 15 is 0 Å². The van der Waals surface area contributed by atoms with E-state index in [1.54, 1.807) is 18.2 Å². The molecule has 7 heteroatoms. The van der Waals surface area contributed by atoms with E-state index < -0.39 is 0 Å². The Morgan fingerprint density at radius 3 is 2.82 bits per heavy atom. The van der Waals surface area contributed by atoms with Crippen LogP contribution in [0.4, 0.5) is 5.69 Å². The molecular weight excluding hydrogens is 343 g/mol. The van der Waals surface area contributed by atoms with Gasteiger partial charge in [0, 0.05) is 5.02 Å². The van der Waals surface area contributed by atoms with Gasteiger partial charge in [0.2, 0.25) is 5.91 Å². The highest BCUT2D eigenvalue weighted by Crippen LogP contribution is 2.26. The van der Waals surface area contributed by atoms with Crippen LogP contribution in [0.3, 0.4) is 0 Å². The van der Waals surface area contributed by atoms with Gasteiger partial charge in [0.15, 0.2) is 5.58 Å². The smallest absolute Gasteiger partial charge is 0.257 e. The minimum absolute atomic E-state index is 0.172. The number of rotatable bonds is 4. The molecule has 112 valence electrons. The summed E-state index contributed by atoms with van der Waals surface area (Å²) in [6.07, 6.45) is 0. The van der Waals surface area contributed by atoms with Gasteiger partial charge in [-0.25, -0.2) is 4.98 Å². The van der Waals surface area contributed by atoms with Crippen LogP contribution in [0.1, 0.15) is 0 Å². The van der Waals surface area contributed by atoms with Crippen LogP contribution >= 0.6 is 35.0 Å². The highest BCUT2D eigenvalue weighted by molar-refractivity contribution is 7.99. The molecule has 0 aliphatic heterocycles. The molecule has 0 fully saturated rings. The van der Waals surface area contributed by atoms with Gasteiger partial charge in [-0.2, -0.15) is 0 Å². The molecule has 0 aliphatic carbocycles. The zero-order chi connectivity index (χ0) is 15.5. The van der Waals surface area contributed by atoms with Crippen molar-refractivity contribution in [2.24, 2.45) is 0 Å². The molecule has 2 aromatic carbocycles. The minimum Gasteiger partial charge on any atom is -0.431 e. The standard InChI is InChI=1S/C15H10Cl2N2O2S/c16-9-5-6-11(10(17)7-9)18-14(20)8-22-15-19-12-3-1-2-4-13(12)21-15/h1-7H,8H2,(H,18,20). The second kappa shape index (κ2) is 6.60. The lowest BCUT2D eigenvalue weighted by molar-refractivity contribution is -0.113. The third kappa shape index (κ3) is 3.55. The first kappa shape index (κ1) is 15.2. The van der Waals surface area contributed by atoms with E-state index in [9.17, 15) is 4.79 Å². The molecule has 1 N–H and O–H groups in total. The fraction of sp³-hybridized carbons (Fsp3) is 0.0667. The van der Waals surface area contributed by atoms with Gasteiger partial charge < -0.3 is 9.73 Å². The number of amides is 1. The summed E-state index contributed by atoms with van der Waals surface area (Å²) < 4.78 is 5.54. The van der Waals surface area contributed by atoms with Gasteiger partial charge in [-0.15, -0.1) is 0 Å². The number of carbonyl (C=O) groups is 1. The summed E-state index contributed by atoms with van der Waals surface area (Å²) in [5, 5.41) is 4.09. The van der Waals surface area contributed by atoms with Gasteiger partial charge in [0.25, 0.3) is 5.22 Å². The van der Waals surface area contributed by atoms with Gasteiger partial charge in [-0.3, -0.25) is 4.79 Å². The maximum absolute atomic E-state index is 11.9. The fourth-order valence-corrected chi connectivity index (χ4v) is 2.91. The molecule has 4 nitrogen and oxygen atoms in total. The third-order valence-corrected chi connectivity index (χ3v) is 4.18. The number of fused-ring (bicyclic) bond motifs is 1. The molecule has 0 saturated heterocycles. The highest BCUT2D eigenvalue weighted by Gasteiger charge is 2.10. The van der Waals surface area contributed by atoms with Gasteiger partial charge in [-0.1, -0.05) is 47.1 Å². The van der Waals surface area contributed by atoms with E-state index in [2.05, 4.69) is 10.3 Å². The predicted octanol–water partition coefficient (Wildman–Crippen LogP) is 4.87. The normalized spacial score (nSPS) is 10.8. The van der Waals surface area contributed by atoms with Crippen LogP contribution in [-0.4, -0.2) is 16.6 Å². The topological polar surface area (TPSA) is 55.1 Å². The zero-order valence-electron chi connectivity index (χ0n) is 11.2. The molecule has 0 saturated carbocycles. The summed E-state index contributed by atoms with van der Waals surface area (Å²) in [6, 6.07) is 12.3. The summed E-state index contributed by atoms with van der Waals surface area (Å²) >= 11 is 13.0. The predicted molar refractivity (Wildman–Crippen MR) is 89.8 cm³/mol. The van der Waals surface area contributed by atoms with Crippen molar-refractivity contribution in [3.05, 3.63) is 52.5 Å². The van der Waals surface area contributed by atoms with E-state index in [0.717, 1.165) is 5.52 Å². The largest absolute Gasteiger partial charge is 0.431 e. The van der Waals surface area contributed by atoms with Crippen molar-refractivity contribution < 1.29 is 9.21 Å². The lowest BCUT2D eigenvalue weighted by atomic mass is 10.3. The number of oxazole rings is 1. The van der Waals surface area contributed by atoms with Crippen LogP contribution in [0, 0.1) is 0 Å². The summed E-state index contributed by atoms with van der Waals surface area (Å²) in [5.41, 5.74) is 1.99. The maximum atomic E-state index is 11.9. The first-order valence-electron chi connectivity index (χ1n) is 6.35. The van der Waals surface area contributed by atoms with Crippen molar-refractivity contribution in [3.63, 3.8) is 0 Å². The molecule has 3 aromatic rings. The molecule has 1 heterocycles. The Hall–Kier alpha value is -1.69. The van der Waals surface area contributed by atoms with Crippen LogP contribution in [0.15, 0.2) is 52.1 Å². The number of halogens is 2. The summed E-state index contributed by atoms with van der Waals surface area (Å²) in [5.74, 6) is -0.0253. The SMILES string of the molecule is O=C(CSc1nc2ccccc2o1)Nc1ccc(Cl)cc1Cl. The molecule has 0 bridgehead atoms. The monoisotopic (exact) mass is 352 g/mol. The number of hydrogen-bond donors (Lipinski definition) is 1. The van der Waals surface area contributed by atoms with E-state index in [1.165, 1.54) is 11.8 Å². The van der Waals surface area contributed by atoms with Gasteiger partial charge in [0.05, 0.1) is 16.5 Å². The van der Waals surface area contributed by atoms with Gasteiger partial charge >= 0.3 is 0 Å². The summed E-state index contributed by atoms with van der Waals surface area (Å²) in [6.45, 7) is 0. The fourth-order valence-electron chi connectivity index (χ4n) is 1.82. The Labute approximate surface area is 140 Å². The summed E-state index contributed by atoms with van der Waals surface area (Å²) in [4.78, 5) is 16.2. The molecule has 0 aliphatic rings. The highest BCUT2D eigenvalue weighted by atomic mass is 35.5. The second-order valence-electron chi connectivity index (χ2n) is 4.41. The third-order valence-electron chi connectivity index (χ3n) is 2.81. The van der Waals surface area contributed by atoms with E-state index in [1.807, 2.05) is 24.3 Å². The molecule has 1 aromatic heterocycles. The molecule has 0 atom stereocenters. The lowest BCUT2D eigenvalue weighted by Crippen LogP contribution is -2.14. The molecule has 0 spiro atoms. The lowest BCUT2D eigenvalue weighted by Gasteiger charge is -2.06. The van der Waals surface area contributed by atoms with Gasteiger partial charge in [0.1, 0.15) is 5.52 Å². The molecule has 3 rings (SSSR count). The van der Waals surface area contributed by atoms with Crippen molar-refractivity contribution in [2.75, 3.05) is 11.1 Å². The van der Waals surface area contributed by atoms with Crippen LogP contribution in [-0.2, 0) is 4.79 Å². The van der Waals surface area contributed by atoms with Crippen molar-refractivity contribution in [3.8, 4) is 0 Å². The number of anilines is 1. The van der Waals surface area contributed by atoms with E-state index in [-0.39, 0.29) is 11.7 Å². The average Bonchev–Trinajstić information content (AvgIpc) is 2.91. The van der Waals surface area contributed by atoms with Crippen LogP contribution < -0.4 is 5.32 Å². The summed E-state index contributed by atoms with van der Waals surface area (Å²) in [7, 11) is 0. The maximum Gasteiger partial charge on any atom is 0.257 e. The number of hydrogen-bond acceptors (Lipinski definition) is 4. The van der Waals surface area contributed by atoms with Crippen molar-refractivity contribution in [1.29, 1.82) is 0 Å². The quantitative estimate of drug-likeness (QED) is 0.680. The number of nitrogens with zero attached hydrogens (tertiary/aromatic N) is 1. The second-order valence-corrected chi connectivity index (χ2v) is 6.18. The Morgan fingerprint density at radius 2 is 2.05 bits per heavy atom. The Kier molecular flexibility index (Phi) is 4.57. The molecule has 1 amide bonds. The molecule has 22 heavy (non-hydrogen) atoms. The van der Waals surface area contributed by atoms with E-state index in [4.69, 9.17) is 27.6 Å². The first-order chi connectivity index (χ1) is 10.6. The van der Waals surface area contributed by atoms with E-state index in [0.29, 0.717) is 26.5 Å². The number of aromatic nitrogens is 1. The number of nitrogens with one attached hydrogen (secondary N) is 1. The Morgan fingerprint density at radius 1 is 1.23 bits per heavy atom. The number of para-hydroxylation sites is 2. The van der Waals surface area contributed by atoms with Gasteiger partial charge in [-0.05, 0) is 30.3 Å².